The molecule has 0 spiro atoms. The van der Waals surface area contributed by atoms with Crippen LogP contribution in [0.1, 0.15) is 65.7 Å². The maximum atomic E-state index is 11.7. The number of carbonyl (C=O) groups is 1. The molecule has 0 atom stereocenters. The molecule has 0 aromatic rings. The third-order valence-electron chi connectivity index (χ3n) is 3.27. The van der Waals surface area contributed by atoms with E-state index in [4.69, 9.17) is 11.6 Å². The van der Waals surface area contributed by atoms with Gasteiger partial charge >= 0.3 is 0 Å². The van der Waals surface area contributed by atoms with Gasteiger partial charge in [0.1, 0.15) is 0 Å². The van der Waals surface area contributed by atoms with E-state index in [1.54, 1.807) is 0 Å². The first-order valence-electron chi connectivity index (χ1n) is 6.51. The van der Waals surface area contributed by atoms with Crippen LogP contribution in [0.4, 0.5) is 0 Å². The van der Waals surface area contributed by atoms with Crippen LogP contribution in [0.15, 0.2) is 0 Å². The molecule has 16 heavy (non-hydrogen) atoms. The normalized spacial score (nSPS) is 11.5. The Morgan fingerprint density at radius 2 is 1.75 bits per heavy atom. The summed E-state index contributed by atoms with van der Waals surface area (Å²) >= 11 is 5.94. The summed E-state index contributed by atoms with van der Waals surface area (Å²) in [5.41, 5.74) is -0.191. The third kappa shape index (κ3) is 5.74. The van der Waals surface area contributed by atoms with Gasteiger partial charge in [0.15, 0.2) is 0 Å². The molecule has 0 aromatic heterocycles. The first-order valence-corrected chi connectivity index (χ1v) is 7.04. The molecule has 3 heteroatoms. The van der Waals surface area contributed by atoms with E-state index < -0.39 is 0 Å². The molecule has 0 fully saturated rings. The summed E-state index contributed by atoms with van der Waals surface area (Å²) < 4.78 is 0. The molecular formula is C13H26ClNO. The van der Waals surface area contributed by atoms with E-state index in [1.165, 1.54) is 12.8 Å². The van der Waals surface area contributed by atoms with Gasteiger partial charge in [-0.15, -0.1) is 11.6 Å². The fourth-order valence-corrected chi connectivity index (χ4v) is 2.16. The molecule has 0 unspecified atom stereocenters. The van der Waals surface area contributed by atoms with Crippen molar-refractivity contribution in [2.24, 2.45) is 0 Å². The molecule has 0 heterocycles. The van der Waals surface area contributed by atoms with Gasteiger partial charge in [0.2, 0.25) is 5.91 Å². The Labute approximate surface area is 105 Å². The Morgan fingerprint density at radius 3 is 2.19 bits per heavy atom. The highest BCUT2D eigenvalue weighted by Gasteiger charge is 2.26. The number of carbonyl (C=O) groups excluding carboxylic acids is 1. The van der Waals surface area contributed by atoms with E-state index in [2.05, 4.69) is 26.1 Å². The van der Waals surface area contributed by atoms with Crippen LogP contribution in [0.25, 0.3) is 0 Å². The topological polar surface area (TPSA) is 29.1 Å². The van der Waals surface area contributed by atoms with Gasteiger partial charge in [-0.2, -0.15) is 0 Å². The first kappa shape index (κ1) is 15.8. The van der Waals surface area contributed by atoms with Crippen molar-refractivity contribution < 1.29 is 4.79 Å². The van der Waals surface area contributed by atoms with Gasteiger partial charge in [-0.3, -0.25) is 4.79 Å². The fourth-order valence-electron chi connectivity index (χ4n) is 1.72. The number of rotatable bonds is 9. The van der Waals surface area contributed by atoms with E-state index in [9.17, 15) is 4.79 Å². The monoisotopic (exact) mass is 247 g/mol. The summed E-state index contributed by atoms with van der Waals surface area (Å²) in [5, 5.41) is 3.09. The van der Waals surface area contributed by atoms with Crippen LogP contribution in [-0.2, 0) is 4.79 Å². The van der Waals surface area contributed by atoms with Crippen molar-refractivity contribution in [1.29, 1.82) is 0 Å². The number of hydrogen-bond acceptors (Lipinski definition) is 1. The molecule has 2 nitrogen and oxygen atoms in total. The van der Waals surface area contributed by atoms with Crippen LogP contribution >= 0.6 is 11.6 Å². The molecule has 0 radical (unpaired) electrons. The Bertz CT molecular complexity index is 182. The molecule has 0 bridgehead atoms. The molecule has 0 aliphatic rings. The summed E-state index contributed by atoms with van der Waals surface area (Å²) in [6, 6.07) is 0. The van der Waals surface area contributed by atoms with Crippen LogP contribution in [-0.4, -0.2) is 17.3 Å². The Kier molecular flexibility index (Phi) is 8.73. The average molecular weight is 248 g/mol. The summed E-state index contributed by atoms with van der Waals surface area (Å²) in [6.07, 6.45) is 6.99. The molecule has 1 amide bonds. The zero-order valence-corrected chi connectivity index (χ0v) is 11.7. The maximum absolute atomic E-state index is 11.7. The number of alkyl halides is 1. The maximum Gasteiger partial charge on any atom is 0.220 e. The van der Waals surface area contributed by atoms with Crippen molar-refractivity contribution in [1.82, 2.24) is 5.32 Å². The Balaban J connectivity index is 3.91. The number of unbranched alkanes of at least 4 members (excludes halogenated alkanes) is 3. The largest absolute Gasteiger partial charge is 0.349 e. The highest BCUT2D eigenvalue weighted by Crippen LogP contribution is 2.17. The highest BCUT2D eigenvalue weighted by atomic mass is 35.5. The third-order valence-corrected chi connectivity index (χ3v) is 3.78. The van der Waals surface area contributed by atoms with E-state index >= 15 is 0 Å². The molecule has 1 N–H and O–H groups in total. The molecule has 0 saturated heterocycles. The Hall–Kier alpha value is -0.240. The number of amides is 1. The minimum absolute atomic E-state index is 0.153. The molecule has 0 aliphatic heterocycles. The van der Waals surface area contributed by atoms with Crippen molar-refractivity contribution in [3.63, 3.8) is 0 Å². The summed E-state index contributed by atoms with van der Waals surface area (Å²) in [4.78, 5) is 11.7. The van der Waals surface area contributed by atoms with Gasteiger partial charge in [0.25, 0.3) is 0 Å². The summed E-state index contributed by atoms with van der Waals surface area (Å²) in [7, 11) is 0. The van der Waals surface area contributed by atoms with Crippen molar-refractivity contribution >= 4 is 17.5 Å². The second kappa shape index (κ2) is 8.86. The predicted octanol–water partition coefficient (Wildman–Crippen LogP) is 3.87. The molecule has 0 saturated carbocycles. The predicted molar refractivity (Wildman–Crippen MR) is 70.9 cm³/mol. The van der Waals surface area contributed by atoms with Gasteiger partial charge in [-0.05, 0) is 19.3 Å². The van der Waals surface area contributed by atoms with Crippen LogP contribution in [0.5, 0.6) is 0 Å². The molecule has 96 valence electrons. The smallest absolute Gasteiger partial charge is 0.220 e. The van der Waals surface area contributed by atoms with E-state index in [1.807, 2.05) is 0 Å². The Morgan fingerprint density at radius 1 is 1.12 bits per heavy atom. The lowest BCUT2D eigenvalue weighted by atomic mass is 9.95. The molecular weight excluding hydrogens is 222 g/mol. The zero-order chi connectivity index (χ0) is 12.4. The van der Waals surface area contributed by atoms with Crippen molar-refractivity contribution in [2.45, 2.75) is 71.3 Å². The summed E-state index contributed by atoms with van der Waals surface area (Å²) in [5.74, 6) is 0.654. The molecule has 0 aromatic carbocycles. The van der Waals surface area contributed by atoms with Gasteiger partial charge in [0.05, 0.1) is 5.54 Å². The first-order chi connectivity index (χ1) is 7.64. The fraction of sp³-hybridized carbons (Fsp3) is 0.923. The molecule has 0 rings (SSSR count). The highest BCUT2D eigenvalue weighted by molar-refractivity contribution is 6.18. The van der Waals surface area contributed by atoms with Crippen LogP contribution in [0.2, 0.25) is 0 Å². The van der Waals surface area contributed by atoms with Crippen LogP contribution in [0.3, 0.4) is 0 Å². The van der Waals surface area contributed by atoms with Gasteiger partial charge < -0.3 is 5.32 Å². The number of nitrogens with one attached hydrogen (secondary N) is 1. The van der Waals surface area contributed by atoms with E-state index in [0.29, 0.717) is 12.3 Å². The second-order valence-corrected chi connectivity index (χ2v) is 4.75. The lowest BCUT2D eigenvalue weighted by Crippen LogP contribution is -2.49. The average Bonchev–Trinajstić information content (AvgIpc) is 2.32. The van der Waals surface area contributed by atoms with Crippen molar-refractivity contribution in [3.05, 3.63) is 0 Å². The minimum Gasteiger partial charge on any atom is -0.349 e. The number of halogens is 1. The SMILES string of the molecule is CCCCCCC(=O)NC(CC)(CC)CCl. The quantitative estimate of drug-likeness (QED) is 0.486. The molecule has 0 aliphatic carbocycles. The van der Waals surface area contributed by atoms with Gasteiger partial charge in [0, 0.05) is 12.3 Å². The van der Waals surface area contributed by atoms with Gasteiger partial charge in [-0.25, -0.2) is 0 Å². The van der Waals surface area contributed by atoms with Gasteiger partial charge in [-0.1, -0.05) is 40.0 Å². The number of hydrogen-bond donors (Lipinski definition) is 1. The lowest BCUT2D eigenvalue weighted by molar-refractivity contribution is -0.123. The lowest BCUT2D eigenvalue weighted by Gasteiger charge is -2.30. The van der Waals surface area contributed by atoms with Crippen molar-refractivity contribution in [2.75, 3.05) is 5.88 Å². The van der Waals surface area contributed by atoms with Crippen LogP contribution < -0.4 is 5.32 Å². The summed E-state index contributed by atoms with van der Waals surface area (Å²) in [6.45, 7) is 6.32. The van der Waals surface area contributed by atoms with E-state index in [-0.39, 0.29) is 11.4 Å². The van der Waals surface area contributed by atoms with Crippen LogP contribution in [0, 0.1) is 0 Å². The zero-order valence-electron chi connectivity index (χ0n) is 10.9. The van der Waals surface area contributed by atoms with Crippen molar-refractivity contribution in [3.8, 4) is 0 Å². The second-order valence-electron chi connectivity index (χ2n) is 4.48. The van der Waals surface area contributed by atoms with E-state index in [0.717, 1.165) is 25.7 Å². The minimum atomic E-state index is -0.191. The standard InChI is InChI=1S/C13H26ClNO/c1-4-7-8-9-10-12(16)15-13(5-2,6-3)11-14/h4-11H2,1-3H3,(H,15,16).